The summed E-state index contributed by atoms with van der Waals surface area (Å²) in [6.07, 6.45) is 4.96. The molecular weight excluding hydrogens is 234 g/mol. The zero-order valence-corrected chi connectivity index (χ0v) is 13.1. The number of hydrogen-bond acceptors (Lipinski definition) is 2. The van der Waals surface area contributed by atoms with Gasteiger partial charge in [0.1, 0.15) is 0 Å². The van der Waals surface area contributed by atoms with Crippen LogP contribution in [0.1, 0.15) is 53.4 Å². The minimum atomic E-state index is -0.167. The van der Waals surface area contributed by atoms with Gasteiger partial charge in [-0.05, 0) is 38.8 Å². The molecule has 1 rings (SSSR count). The smallest absolute Gasteiger partial charge is 0.0483 e. The van der Waals surface area contributed by atoms with Crippen molar-refractivity contribution < 1.29 is 5.11 Å². The van der Waals surface area contributed by atoms with Gasteiger partial charge in [-0.25, -0.2) is 0 Å². The Kier molecular flexibility index (Phi) is 11.4. The molecule has 110 valence electrons. The molecule has 0 aromatic heterocycles. The standard InChI is InChI=1S/C14H23N.C3H8O/c1-3-5-12-15(13-6-4-2)14-10-8-7-9-11-14;1-3(2)4/h7-11H,3-6,12-13H2,1-2H3;3-4H,1-2H3. The summed E-state index contributed by atoms with van der Waals surface area (Å²) in [5.41, 5.74) is 1.37. The van der Waals surface area contributed by atoms with E-state index in [2.05, 4.69) is 49.1 Å². The van der Waals surface area contributed by atoms with Gasteiger partial charge in [-0.15, -0.1) is 0 Å². The molecule has 0 aliphatic carbocycles. The van der Waals surface area contributed by atoms with Gasteiger partial charge in [0.25, 0.3) is 0 Å². The van der Waals surface area contributed by atoms with Crippen LogP contribution in [0, 0.1) is 0 Å². The highest BCUT2D eigenvalue weighted by molar-refractivity contribution is 5.45. The molecule has 0 radical (unpaired) electrons. The number of aliphatic hydroxyl groups excluding tert-OH is 1. The first kappa shape index (κ1) is 18.0. The van der Waals surface area contributed by atoms with Gasteiger partial charge in [0, 0.05) is 24.9 Å². The van der Waals surface area contributed by atoms with E-state index in [0.29, 0.717) is 0 Å². The summed E-state index contributed by atoms with van der Waals surface area (Å²) >= 11 is 0. The lowest BCUT2D eigenvalue weighted by molar-refractivity contribution is 0.216. The molecular formula is C17H31NO. The Hall–Kier alpha value is -1.02. The maximum absolute atomic E-state index is 8.06. The number of anilines is 1. The van der Waals surface area contributed by atoms with E-state index in [1.165, 1.54) is 44.5 Å². The third-order valence-corrected chi connectivity index (χ3v) is 2.68. The van der Waals surface area contributed by atoms with E-state index in [1.54, 1.807) is 13.8 Å². The monoisotopic (exact) mass is 265 g/mol. The predicted octanol–water partition coefficient (Wildman–Crippen LogP) is 4.48. The SMILES string of the molecule is CC(C)O.CCCCN(CCCC)c1ccccc1. The molecule has 0 saturated carbocycles. The fourth-order valence-electron chi connectivity index (χ4n) is 1.71. The Morgan fingerprint density at radius 2 is 1.37 bits per heavy atom. The second-order valence-corrected chi connectivity index (χ2v) is 5.12. The van der Waals surface area contributed by atoms with Gasteiger partial charge in [-0.2, -0.15) is 0 Å². The first-order chi connectivity index (χ1) is 9.11. The Morgan fingerprint density at radius 1 is 0.947 bits per heavy atom. The number of rotatable bonds is 7. The normalized spacial score (nSPS) is 10.0. The zero-order valence-electron chi connectivity index (χ0n) is 13.1. The van der Waals surface area contributed by atoms with Crippen LogP contribution in [-0.2, 0) is 0 Å². The topological polar surface area (TPSA) is 23.5 Å². The van der Waals surface area contributed by atoms with Crippen molar-refractivity contribution in [3.8, 4) is 0 Å². The minimum absolute atomic E-state index is 0.167. The van der Waals surface area contributed by atoms with E-state index in [1.807, 2.05) is 0 Å². The number of para-hydroxylation sites is 1. The Morgan fingerprint density at radius 3 is 1.74 bits per heavy atom. The largest absolute Gasteiger partial charge is 0.394 e. The summed E-state index contributed by atoms with van der Waals surface area (Å²) in [4.78, 5) is 2.51. The van der Waals surface area contributed by atoms with Crippen LogP contribution in [0.25, 0.3) is 0 Å². The summed E-state index contributed by atoms with van der Waals surface area (Å²) in [6.45, 7) is 10.3. The van der Waals surface area contributed by atoms with Crippen molar-refractivity contribution in [2.45, 2.75) is 59.5 Å². The van der Waals surface area contributed by atoms with Crippen LogP contribution in [0.5, 0.6) is 0 Å². The van der Waals surface area contributed by atoms with Gasteiger partial charge in [0.05, 0.1) is 0 Å². The van der Waals surface area contributed by atoms with Gasteiger partial charge >= 0.3 is 0 Å². The van der Waals surface area contributed by atoms with Crippen molar-refractivity contribution >= 4 is 5.69 Å². The van der Waals surface area contributed by atoms with E-state index < -0.39 is 0 Å². The molecule has 0 fully saturated rings. The molecule has 1 aromatic carbocycles. The lowest BCUT2D eigenvalue weighted by atomic mass is 10.2. The molecule has 0 amide bonds. The molecule has 2 nitrogen and oxygen atoms in total. The van der Waals surface area contributed by atoms with Crippen LogP contribution in [0.2, 0.25) is 0 Å². The summed E-state index contributed by atoms with van der Waals surface area (Å²) in [7, 11) is 0. The van der Waals surface area contributed by atoms with E-state index in [0.717, 1.165) is 0 Å². The molecule has 0 saturated heterocycles. The lowest BCUT2D eigenvalue weighted by Gasteiger charge is -2.24. The van der Waals surface area contributed by atoms with Crippen molar-refractivity contribution in [3.63, 3.8) is 0 Å². The average Bonchev–Trinajstić information content (AvgIpc) is 2.39. The number of nitrogens with zero attached hydrogens (tertiary/aromatic N) is 1. The molecule has 1 aromatic rings. The fourth-order valence-corrected chi connectivity index (χ4v) is 1.71. The average molecular weight is 265 g/mol. The predicted molar refractivity (Wildman–Crippen MR) is 85.8 cm³/mol. The minimum Gasteiger partial charge on any atom is -0.394 e. The third kappa shape index (κ3) is 10.6. The van der Waals surface area contributed by atoms with Gasteiger partial charge in [0.2, 0.25) is 0 Å². The zero-order chi connectivity index (χ0) is 14.5. The number of aliphatic hydroxyl groups is 1. The molecule has 0 aliphatic heterocycles. The quantitative estimate of drug-likeness (QED) is 0.785. The maximum atomic E-state index is 8.06. The molecule has 2 heteroatoms. The summed E-state index contributed by atoms with van der Waals surface area (Å²) in [5, 5.41) is 8.06. The van der Waals surface area contributed by atoms with Crippen LogP contribution >= 0.6 is 0 Å². The van der Waals surface area contributed by atoms with Crippen LogP contribution < -0.4 is 4.90 Å². The van der Waals surface area contributed by atoms with E-state index in [4.69, 9.17) is 5.11 Å². The molecule has 0 bridgehead atoms. The first-order valence-corrected chi connectivity index (χ1v) is 7.59. The molecule has 0 heterocycles. The number of hydrogen-bond donors (Lipinski definition) is 1. The van der Waals surface area contributed by atoms with Crippen molar-refractivity contribution in [3.05, 3.63) is 30.3 Å². The van der Waals surface area contributed by atoms with E-state index in [9.17, 15) is 0 Å². The van der Waals surface area contributed by atoms with Crippen molar-refractivity contribution in [2.24, 2.45) is 0 Å². The summed E-state index contributed by atoms with van der Waals surface area (Å²) in [5.74, 6) is 0. The van der Waals surface area contributed by atoms with Crippen LogP contribution in [0.4, 0.5) is 5.69 Å². The highest BCUT2D eigenvalue weighted by Gasteiger charge is 2.03. The Balaban J connectivity index is 0.000000711. The molecule has 0 atom stereocenters. The van der Waals surface area contributed by atoms with Crippen molar-refractivity contribution in [2.75, 3.05) is 18.0 Å². The molecule has 0 unspecified atom stereocenters. The Labute approximate surface area is 119 Å². The molecule has 0 aliphatic rings. The van der Waals surface area contributed by atoms with Crippen LogP contribution in [-0.4, -0.2) is 24.3 Å². The fraction of sp³-hybridized carbons (Fsp3) is 0.647. The summed E-state index contributed by atoms with van der Waals surface area (Å²) < 4.78 is 0. The van der Waals surface area contributed by atoms with Gasteiger partial charge in [0.15, 0.2) is 0 Å². The van der Waals surface area contributed by atoms with E-state index >= 15 is 0 Å². The van der Waals surface area contributed by atoms with Gasteiger partial charge in [-0.3, -0.25) is 0 Å². The van der Waals surface area contributed by atoms with Crippen LogP contribution in [0.3, 0.4) is 0 Å². The van der Waals surface area contributed by atoms with Gasteiger partial charge < -0.3 is 10.0 Å². The number of benzene rings is 1. The number of unbranched alkanes of at least 4 members (excludes halogenated alkanes) is 2. The Bertz CT molecular complexity index is 274. The van der Waals surface area contributed by atoms with Crippen LogP contribution in [0.15, 0.2) is 30.3 Å². The second kappa shape index (κ2) is 12.0. The summed E-state index contributed by atoms with van der Waals surface area (Å²) in [6, 6.07) is 10.8. The molecule has 1 N–H and O–H groups in total. The van der Waals surface area contributed by atoms with Gasteiger partial charge in [-0.1, -0.05) is 44.9 Å². The highest BCUT2D eigenvalue weighted by Crippen LogP contribution is 2.14. The maximum Gasteiger partial charge on any atom is 0.0483 e. The van der Waals surface area contributed by atoms with E-state index in [-0.39, 0.29) is 6.10 Å². The second-order valence-electron chi connectivity index (χ2n) is 5.12. The van der Waals surface area contributed by atoms with Crippen molar-refractivity contribution in [1.29, 1.82) is 0 Å². The first-order valence-electron chi connectivity index (χ1n) is 7.59. The highest BCUT2D eigenvalue weighted by atomic mass is 16.3. The molecule has 0 spiro atoms. The molecule has 19 heavy (non-hydrogen) atoms. The third-order valence-electron chi connectivity index (χ3n) is 2.68. The van der Waals surface area contributed by atoms with Crippen molar-refractivity contribution in [1.82, 2.24) is 0 Å². The lowest BCUT2D eigenvalue weighted by Crippen LogP contribution is -2.25.